The quantitative estimate of drug-likeness (QED) is 0.134. The first kappa shape index (κ1) is 31.7. The number of ether oxygens (including phenoxy) is 3. The lowest BCUT2D eigenvalue weighted by Crippen LogP contribution is -2.13. The first-order valence-electron chi connectivity index (χ1n) is 12.5. The maximum Gasteiger partial charge on any atom is 0.356 e. The van der Waals surface area contributed by atoms with Gasteiger partial charge in [-0.25, -0.2) is 4.98 Å². The maximum absolute atomic E-state index is 13.6. The van der Waals surface area contributed by atoms with Crippen LogP contribution in [-0.2, 0) is 31.5 Å². The molecule has 3 N–H and O–H groups in total. The van der Waals surface area contributed by atoms with Gasteiger partial charge in [0, 0.05) is 22.3 Å². The molecule has 4 aromatic rings. The van der Waals surface area contributed by atoms with Gasteiger partial charge in [0.05, 0.1) is 40.4 Å². The van der Waals surface area contributed by atoms with E-state index < -0.39 is 13.2 Å². The zero-order chi connectivity index (χ0) is 30.1. The van der Waals surface area contributed by atoms with Gasteiger partial charge in [0.15, 0.2) is 22.7 Å². The molecule has 2 aromatic heterocycles. The topological polar surface area (TPSA) is 170 Å². The molecule has 224 valence electrons. The van der Waals surface area contributed by atoms with Crippen LogP contribution >= 0.6 is 35.3 Å². The van der Waals surface area contributed by atoms with E-state index in [1.54, 1.807) is 22.8 Å². The van der Waals surface area contributed by atoms with Crippen molar-refractivity contribution in [3.63, 3.8) is 0 Å². The second-order valence-electron chi connectivity index (χ2n) is 8.65. The molecule has 16 heteroatoms. The highest BCUT2D eigenvalue weighted by molar-refractivity contribution is 9.10. The number of nitrogen functional groups attached to an aromatic ring is 1. The second kappa shape index (κ2) is 14.8. The van der Waals surface area contributed by atoms with Crippen molar-refractivity contribution in [1.29, 1.82) is 0 Å². The summed E-state index contributed by atoms with van der Waals surface area (Å²) in [5, 5.41) is -0.207. The molecule has 0 saturated heterocycles. The van der Waals surface area contributed by atoms with Crippen LogP contribution < -0.4 is 20.8 Å². The fourth-order valence-electron chi connectivity index (χ4n) is 3.74. The van der Waals surface area contributed by atoms with Gasteiger partial charge in [-0.3, -0.25) is 19.1 Å². The lowest BCUT2D eigenvalue weighted by molar-refractivity contribution is 0.108. The number of nitrogens with zero attached hydrogens (tertiary/aromatic N) is 3. The minimum Gasteiger partial charge on any atom is -0.493 e. The summed E-state index contributed by atoms with van der Waals surface area (Å²) in [6.07, 6.45) is 1.11. The number of thioether (sulfide) groups is 1. The number of carbonyl (C=O) groups excluding carboxylic acids is 1. The van der Waals surface area contributed by atoms with Crippen LogP contribution in [-0.4, -0.2) is 64.2 Å². The highest BCUT2D eigenvalue weighted by Crippen LogP contribution is 2.49. The Kier molecular flexibility index (Phi) is 11.2. The van der Waals surface area contributed by atoms with Crippen molar-refractivity contribution in [2.24, 2.45) is 0 Å². The van der Waals surface area contributed by atoms with Crippen molar-refractivity contribution in [3.8, 4) is 11.5 Å². The maximum atomic E-state index is 13.6. The predicted molar refractivity (Wildman–Crippen MR) is 162 cm³/mol. The summed E-state index contributed by atoms with van der Waals surface area (Å²) >= 11 is 4.42. The number of benzene rings is 2. The molecule has 1 atom stereocenters. The van der Waals surface area contributed by atoms with Gasteiger partial charge in [0.1, 0.15) is 6.35 Å². The lowest BCUT2D eigenvalue weighted by Gasteiger charge is -2.19. The number of aromatic amines is 1. The van der Waals surface area contributed by atoms with Gasteiger partial charge >= 0.3 is 7.60 Å². The molecule has 0 aliphatic carbocycles. The van der Waals surface area contributed by atoms with Crippen LogP contribution in [0.5, 0.6) is 11.5 Å². The number of H-pyrrole nitrogens is 1. The Balaban J connectivity index is 1.34. The van der Waals surface area contributed by atoms with Crippen LogP contribution in [0, 0.1) is 0 Å². The number of nitrogens with two attached hydrogens (primary N) is 1. The van der Waals surface area contributed by atoms with E-state index in [1.807, 2.05) is 24.3 Å². The van der Waals surface area contributed by atoms with E-state index in [4.69, 9.17) is 29.0 Å². The summed E-state index contributed by atoms with van der Waals surface area (Å²) in [5.74, 6) is 1.15. The number of methoxy groups -OCH3 is 2. The fraction of sp³-hybridized carbons (Fsp3) is 0.308. The molecule has 0 radical (unpaired) electrons. The van der Waals surface area contributed by atoms with Gasteiger partial charge < -0.3 is 33.6 Å². The van der Waals surface area contributed by atoms with Gasteiger partial charge in [0.2, 0.25) is 11.1 Å². The molecule has 13 nitrogen and oxygen atoms in total. The molecular weight excluding hydrogens is 653 g/mol. The van der Waals surface area contributed by atoms with E-state index in [2.05, 4.69) is 30.9 Å². The molecule has 42 heavy (non-hydrogen) atoms. The van der Waals surface area contributed by atoms with Crippen molar-refractivity contribution in [2.75, 3.05) is 45.3 Å². The minimum absolute atomic E-state index is 0.0237. The predicted octanol–water partition coefficient (Wildman–Crippen LogP) is 4.46. The van der Waals surface area contributed by atoms with Gasteiger partial charge in [-0.1, -0.05) is 39.8 Å². The zero-order valence-corrected chi connectivity index (χ0v) is 26.1. The number of carbonyl (C=O) groups is 1. The normalized spacial score (nSPS) is 12.7. The molecule has 1 unspecified atom stereocenters. The van der Waals surface area contributed by atoms with Crippen LogP contribution in [0.2, 0.25) is 0 Å². The summed E-state index contributed by atoms with van der Waals surface area (Å²) in [5.41, 5.74) is 6.87. The third kappa shape index (κ3) is 8.43. The SMILES string of the molecule is COc1ccc(C(=O)SCCOP(=O)(COCCn2cnc3c(=O)[nH]c(N)nc32)OCc2cccc(Br)c2)cc1OC. The number of aromatic nitrogens is 4. The van der Waals surface area contributed by atoms with Crippen molar-refractivity contribution in [3.05, 3.63) is 74.7 Å². The van der Waals surface area contributed by atoms with E-state index in [9.17, 15) is 14.2 Å². The van der Waals surface area contributed by atoms with Crippen molar-refractivity contribution < 1.29 is 32.6 Å². The molecule has 0 aliphatic rings. The van der Waals surface area contributed by atoms with Gasteiger partial charge in [0.25, 0.3) is 5.56 Å². The van der Waals surface area contributed by atoms with Gasteiger partial charge in [-0.05, 0) is 35.9 Å². The minimum atomic E-state index is -3.74. The smallest absolute Gasteiger partial charge is 0.356 e. The standard InChI is InChI=1S/C26H29BrN5O8PS/c1-36-20-7-6-18(13-21(20)37-2)25(34)42-11-10-39-41(35,40-14-17-4-3-5-19(27)12-17)16-38-9-8-32-15-29-22-23(32)30-26(28)31-24(22)33/h3-7,12-13,15H,8-11,14,16H2,1-2H3,(H3,28,30,31,33). The van der Waals surface area contributed by atoms with Crippen LogP contribution in [0.25, 0.3) is 11.2 Å². The molecule has 4 rings (SSSR count). The Morgan fingerprint density at radius 1 is 1.12 bits per heavy atom. The van der Waals surface area contributed by atoms with Gasteiger partial charge in [-0.15, -0.1) is 0 Å². The number of hydrogen-bond donors (Lipinski definition) is 2. The number of anilines is 1. The Bertz CT molecular complexity index is 1650. The summed E-state index contributed by atoms with van der Waals surface area (Å²) in [6.45, 7) is 0.352. The number of rotatable bonds is 15. The first-order valence-corrected chi connectivity index (χ1v) is 16.0. The number of imidazole rings is 1. The van der Waals surface area contributed by atoms with Crippen LogP contribution in [0.3, 0.4) is 0 Å². The summed E-state index contributed by atoms with van der Waals surface area (Å²) in [4.78, 5) is 35.2. The Morgan fingerprint density at radius 3 is 2.69 bits per heavy atom. The third-order valence-electron chi connectivity index (χ3n) is 5.76. The van der Waals surface area contributed by atoms with Crippen LogP contribution in [0.4, 0.5) is 5.95 Å². The summed E-state index contributed by atoms with van der Waals surface area (Å²) < 4.78 is 43.6. The van der Waals surface area contributed by atoms with Crippen molar-refractivity contribution in [1.82, 2.24) is 19.5 Å². The lowest BCUT2D eigenvalue weighted by atomic mass is 10.2. The Hall–Kier alpha value is -3.20. The van der Waals surface area contributed by atoms with Gasteiger partial charge in [-0.2, -0.15) is 4.98 Å². The van der Waals surface area contributed by atoms with E-state index in [0.717, 1.165) is 21.8 Å². The largest absolute Gasteiger partial charge is 0.493 e. The van der Waals surface area contributed by atoms with Crippen LogP contribution in [0.1, 0.15) is 15.9 Å². The molecular formula is C26H29BrN5O8PS. The fourth-order valence-corrected chi connectivity index (χ4v) is 6.25. The average molecular weight is 682 g/mol. The van der Waals surface area contributed by atoms with Crippen molar-refractivity contribution >= 4 is 57.5 Å². The highest BCUT2D eigenvalue weighted by Gasteiger charge is 2.26. The third-order valence-corrected chi connectivity index (χ3v) is 8.72. The van der Waals surface area contributed by atoms with E-state index in [1.165, 1.54) is 20.5 Å². The second-order valence-corrected chi connectivity index (χ2v) is 12.6. The monoisotopic (exact) mass is 681 g/mol. The number of halogens is 1. The summed E-state index contributed by atoms with van der Waals surface area (Å²) in [7, 11) is -0.732. The molecule has 2 heterocycles. The Labute approximate surface area is 253 Å². The van der Waals surface area contributed by atoms with E-state index >= 15 is 0 Å². The zero-order valence-electron chi connectivity index (χ0n) is 22.8. The molecule has 0 spiro atoms. The number of hydrogen-bond acceptors (Lipinski definition) is 12. The molecule has 0 bridgehead atoms. The van der Waals surface area contributed by atoms with Crippen LogP contribution in [0.15, 0.2) is 58.1 Å². The Morgan fingerprint density at radius 2 is 1.93 bits per heavy atom. The number of fused-ring (bicyclic) bond motifs is 1. The van der Waals surface area contributed by atoms with E-state index in [0.29, 0.717) is 22.7 Å². The molecule has 0 amide bonds. The van der Waals surface area contributed by atoms with E-state index in [-0.39, 0.29) is 55.0 Å². The molecule has 2 aromatic carbocycles. The molecule has 0 saturated carbocycles. The first-order chi connectivity index (χ1) is 20.2. The molecule has 0 fully saturated rings. The highest BCUT2D eigenvalue weighted by atomic mass is 79.9. The molecule has 0 aliphatic heterocycles. The number of nitrogens with one attached hydrogen (secondary N) is 1. The van der Waals surface area contributed by atoms with Crippen molar-refractivity contribution in [2.45, 2.75) is 13.2 Å². The average Bonchev–Trinajstić information content (AvgIpc) is 3.39. The summed E-state index contributed by atoms with van der Waals surface area (Å²) in [6, 6.07) is 12.3.